The van der Waals surface area contributed by atoms with E-state index in [1.54, 1.807) is 24.5 Å². The van der Waals surface area contributed by atoms with E-state index in [-0.39, 0.29) is 11.8 Å². The lowest BCUT2D eigenvalue weighted by Gasteiger charge is -2.11. The van der Waals surface area contributed by atoms with Crippen LogP contribution in [0.1, 0.15) is 36.2 Å². The van der Waals surface area contributed by atoms with Gasteiger partial charge in [-0.1, -0.05) is 6.92 Å². The lowest BCUT2D eigenvalue weighted by Crippen LogP contribution is -2.29. The van der Waals surface area contributed by atoms with Crippen LogP contribution in [-0.4, -0.2) is 25.0 Å². The summed E-state index contributed by atoms with van der Waals surface area (Å²) in [6, 6.07) is -0.277. The first-order valence-corrected chi connectivity index (χ1v) is 8.49. The van der Waals surface area contributed by atoms with Gasteiger partial charge in [0.15, 0.2) is 0 Å². The third-order valence-electron chi connectivity index (χ3n) is 2.19. The Kier molecular flexibility index (Phi) is 5.85. The SMILES string of the molecule is CCc1cnc(C(C)NS(=O)(=O)CCCCl)s1. The van der Waals surface area contributed by atoms with Gasteiger partial charge in [-0.2, -0.15) is 0 Å². The Hall–Kier alpha value is -0.170. The predicted molar refractivity (Wildman–Crippen MR) is 72.2 cm³/mol. The summed E-state index contributed by atoms with van der Waals surface area (Å²) in [5, 5.41) is 0.802. The monoisotopic (exact) mass is 296 g/mol. The first-order valence-electron chi connectivity index (χ1n) is 5.49. The third kappa shape index (κ3) is 4.91. The zero-order valence-electron chi connectivity index (χ0n) is 9.94. The molecule has 17 heavy (non-hydrogen) atoms. The highest BCUT2D eigenvalue weighted by Crippen LogP contribution is 2.20. The zero-order valence-corrected chi connectivity index (χ0v) is 12.3. The fraction of sp³-hybridized carbons (Fsp3) is 0.700. The minimum absolute atomic E-state index is 0.0624. The summed E-state index contributed by atoms with van der Waals surface area (Å²) in [4.78, 5) is 5.38. The van der Waals surface area contributed by atoms with Gasteiger partial charge in [-0.3, -0.25) is 0 Å². The molecule has 4 nitrogen and oxygen atoms in total. The van der Waals surface area contributed by atoms with Crippen molar-refractivity contribution in [3.63, 3.8) is 0 Å². The summed E-state index contributed by atoms with van der Waals surface area (Å²) in [6.45, 7) is 3.85. The molecule has 0 aliphatic carbocycles. The minimum Gasteiger partial charge on any atom is -0.248 e. The van der Waals surface area contributed by atoms with E-state index >= 15 is 0 Å². The quantitative estimate of drug-likeness (QED) is 0.786. The van der Waals surface area contributed by atoms with Gasteiger partial charge in [0.25, 0.3) is 0 Å². The normalized spacial score (nSPS) is 13.8. The van der Waals surface area contributed by atoms with E-state index < -0.39 is 10.0 Å². The summed E-state index contributed by atoms with van der Waals surface area (Å²) in [5.41, 5.74) is 0. The average Bonchev–Trinajstić information content (AvgIpc) is 2.74. The molecule has 0 aliphatic heterocycles. The smallest absolute Gasteiger partial charge is 0.212 e. The van der Waals surface area contributed by atoms with E-state index in [2.05, 4.69) is 9.71 Å². The molecule has 0 spiro atoms. The van der Waals surface area contributed by atoms with Crippen molar-refractivity contribution in [1.29, 1.82) is 0 Å². The van der Waals surface area contributed by atoms with Crippen LogP contribution in [0.2, 0.25) is 0 Å². The number of halogens is 1. The van der Waals surface area contributed by atoms with Crippen molar-refractivity contribution in [2.45, 2.75) is 32.7 Å². The standard InChI is InChI=1S/C10H17ClN2O2S2/c1-3-9-7-12-10(16-9)8(2)13-17(14,15)6-4-5-11/h7-8,13H,3-6H2,1-2H3. The van der Waals surface area contributed by atoms with Crippen LogP contribution in [0.5, 0.6) is 0 Å². The first-order chi connectivity index (χ1) is 7.98. The summed E-state index contributed by atoms with van der Waals surface area (Å²) in [7, 11) is -3.26. The molecule has 0 aromatic carbocycles. The molecule has 0 saturated heterocycles. The maximum absolute atomic E-state index is 11.7. The number of hydrogen-bond donors (Lipinski definition) is 1. The second-order valence-electron chi connectivity index (χ2n) is 3.72. The fourth-order valence-electron chi connectivity index (χ4n) is 1.31. The zero-order chi connectivity index (χ0) is 12.9. The highest BCUT2D eigenvalue weighted by atomic mass is 35.5. The van der Waals surface area contributed by atoms with E-state index in [1.807, 2.05) is 6.92 Å². The first kappa shape index (κ1) is 14.9. The lowest BCUT2D eigenvalue weighted by molar-refractivity contribution is 0.565. The maximum Gasteiger partial charge on any atom is 0.212 e. The van der Waals surface area contributed by atoms with E-state index in [9.17, 15) is 8.42 Å². The van der Waals surface area contributed by atoms with Crippen molar-refractivity contribution < 1.29 is 8.42 Å². The molecule has 98 valence electrons. The molecule has 1 aromatic heterocycles. The molecule has 0 fully saturated rings. The highest BCUT2D eigenvalue weighted by Gasteiger charge is 2.17. The van der Waals surface area contributed by atoms with Crippen LogP contribution in [-0.2, 0) is 16.4 Å². The molecular formula is C10H17ClN2O2S2. The van der Waals surface area contributed by atoms with Crippen LogP contribution in [0.25, 0.3) is 0 Å². The summed E-state index contributed by atoms with van der Waals surface area (Å²) in [5.74, 6) is 0.416. The van der Waals surface area contributed by atoms with Crippen molar-refractivity contribution in [3.8, 4) is 0 Å². The number of thiazole rings is 1. The number of hydrogen-bond acceptors (Lipinski definition) is 4. The summed E-state index contributed by atoms with van der Waals surface area (Å²) in [6.07, 6.45) is 3.18. The van der Waals surface area contributed by atoms with Crippen LogP contribution in [0, 0.1) is 0 Å². The van der Waals surface area contributed by atoms with Crippen molar-refractivity contribution in [1.82, 2.24) is 9.71 Å². The molecule has 7 heteroatoms. The third-order valence-corrected chi connectivity index (χ3v) is 5.32. The largest absolute Gasteiger partial charge is 0.248 e. The lowest BCUT2D eigenvalue weighted by atomic mass is 10.4. The number of rotatable bonds is 7. The molecule has 0 radical (unpaired) electrons. The van der Waals surface area contributed by atoms with Gasteiger partial charge < -0.3 is 0 Å². The molecule has 1 aromatic rings. The van der Waals surface area contributed by atoms with Crippen molar-refractivity contribution in [3.05, 3.63) is 16.1 Å². The average molecular weight is 297 g/mol. The van der Waals surface area contributed by atoms with Crippen molar-refractivity contribution in [2.75, 3.05) is 11.6 Å². The molecule has 1 atom stereocenters. The van der Waals surface area contributed by atoms with Crippen LogP contribution in [0.15, 0.2) is 6.20 Å². The topological polar surface area (TPSA) is 59.1 Å². The Morgan fingerprint density at radius 1 is 1.59 bits per heavy atom. The molecule has 1 rings (SSSR count). The van der Waals surface area contributed by atoms with Gasteiger partial charge in [0.1, 0.15) is 5.01 Å². The van der Waals surface area contributed by atoms with E-state index in [0.717, 1.165) is 16.3 Å². The second kappa shape index (κ2) is 6.68. The van der Waals surface area contributed by atoms with Crippen LogP contribution in [0.4, 0.5) is 0 Å². The van der Waals surface area contributed by atoms with Crippen molar-refractivity contribution >= 4 is 33.0 Å². The predicted octanol–water partition coefficient (Wildman–Crippen LogP) is 2.31. The Labute approximate surface area is 111 Å². The highest BCUT2D eigenvalue weighted by molar-refractivity contribution is 7.89. The Morgan fingerprint density at radius 2 is 2.29 bits per heavy atom. The Bertz CT molecular complexity index is 445. The minimum atomic E-state index is -3.26. The molecule has 0 saturated carbocycles. The maximum atomic E-state index is 11.7. The number of aryl methyl sites for hydroxylation is 1. The number of sulfonamides is 1. The molecule has 0 amide bonds. The molecule has 1 unspecified atom stereocenters. The van der Waals surface area contributed by atoms with Gasteiger partial charge in [0.05, 0.1) is 11.8 Å². The van der Waals surface area contributed by atoms with Gasteiger partial charge in [-0.05, 0) is 19.8 Å². The van der Waals surface area contributed by atoms with Gasteiger partial charge in [0.2, 0.25) is 10.0 Å². The number of nitrogens with one attached hydrogen (secondary N) is 1. The van der Waals surface area contributed by atoms with Crippen LogP contribution in [0.3, 0.4) is 0 Å². The van der Waals surface area contributed by atoms with Gasteiger partial charge in [-0.25, -0.2) is 18.1 Å². The van der Waals surface area contributed by atoms with Gasteiger partial charge >= 0.3 is 0 Å². The second-order valence-corrected chi connectivity index (χ2v) is 7.12. The van der Waals surface area contributed by atoms with E-state index in [4.69, 9.17) is 11.6 Å². The molecular weight excluding hydrogens is 280 g/mol. The summed E-state index contributed by atoms with van der Waals surface area (Å²) < 4.78 is 25.9. The Morgan fingerprint density at radius 3 is 2.82 bits per heavy atom. The molecule has 0 aliphatic rings. The van der Waals surface area contributed by atoms with Crippen molar-refractivity contribution in [2.24, 2.45) is 0 Å². The van der Waals surface area contributed by atoms with Crippen LogP contribution >= 0.6 is 22.9 Å². The van der Waals surface area contributed by atoms with Crippen LogP contribution < -0.4 is 4.72 Å². The molecule has 1 heterocycles. The number of nitrogens with zero attached hydrogens (tertiary/aromatic N) is 1. The Balaban J connectivity index is 2.62. The van der Waals surface area contributed by atoms with E-state index in [1.165, 1.54) is 0 Å². The fourth-order valence-corrected chi connectivity index (χ4v) is 3.83. The van der Waals surface area contributed by atoms with E-state index in [0.29, 0.717) is 12.3 Å². The number of aromatic nitrogens is 1. The van der Waals surface area contributed by atoms with Gasteiger partial charge in [-0.15, -0.1) is 22.9 Å². The molecule has 1 N–H and O–H groups in total. The molecule has 0 bridgehead atoms. The van der Waals surface area contributed by atoms with Gasteiger partial charge in [0, 0.05) is 17.0 Å². The number of alkyl halides is 1. The summed E-state index contributed by atoms with van der Waals surface area (Å²) >= 11 is 7.02.